The molecule has 0 aliphatic carbocycles. The number of sulfonamides is 1. The summed E-state index contributed by atoms with van der Waals surface area (Å²) in [5.41, 5.74) is -0.830. The van der Waals surface area contributed by atoms with E-state index in [-0.39, 0.29) is 9.92 Å². The van der Waals surface area contributed by atoms with Crippen LogP contribution in [-0.2, 0) is 15.7 Å². The second-order valence-corrected chi connectivity index (χ2v) is 7.84. The second-order valence-electron chi connectivity index (χ2n) is 4.96. The molecule has 1 fully saturated rings. The number of hydrogen-bond donors (Lipinski definition) is 2. The first-order valence-corrected chi connectivity index (χ1v) is 9.23. The molecule has 1 unspecified atom stereocenters. The van der Waals surface area contributed by atoms with Crippen LogP contribution in [0.2, 0.25) is 5.02 Å². The highest BCUT2D eigenvalue weighted by Crippen LogP contribution is 2.41. The van der Waals surface area contributed by atoms with Crippen LogP contribution in [0.3, 0.4) is 0 Å². The molecule has 2 aliphatic heterocycles. The van der Waals surface area contributed by atoms with E-state index in [2.05, 4.69) is 4.99 Å². The molecule has 1 aromatic carbocycles. The average Bonchev–Trinajstić information content (AvgIpc) is 2.77. The van der Waals surface area contributed by atoms with E-state index in [1.807, 2.05) is 0 Å². The van der Waals surface area contributed by atoms with Crippen molar-refractivity contribution < 1.29 is 13.5 Å². The van der Waals surface area contributed by atoms with E-state index in [0.717, 1.165) is 18.1 Å². The lowest BCUT2D eigenvalue weighted by Crippen LogP contribution is -2.47. The van der Waals surface area contributed by atoms with Gasteiger partial charge in [-0.1, -0.05) is 29.4 Å². The van der Waals surface area contributed by atoms with Gasteiger partial charge in [-0.05, 0) is 18.6 Å². The van der Waals surface area contributed by atoms with Gasteiger partial charge in [0.1, 0.15) is 4.90 Å². The van der Waals surface area contributed by atoms with Gasteiger partial charge < -0.3 is 10.0 Å². The summed E-state index contributed by atoms with van der Waals surface area (Å²) in [4.78, 5) is 6.00. The monoisotopic (exact) mass is 347 g/mol. The third kappa shape index (κ3) is 2.55. The van der Waals surface area contributed by atoms with Gasteiger partial charge in [-0.3, -0.25) is 4.99 Å². The number of aliphatic hydroxyl groups is 1. The zero-order valence-corrected chi connectivity index (χ0v) is 13.4. The number of benzene rings is 1. The lowest BCUT2D eigenvalue weighted by Gasteiger charge is -2.36. The Labute approximate surface area is 132 Å². The van der Waals surface area contributed by atoms with Gasteiger partial charge >= 0.3 is 0 Å². The van der Waals surface area contributed by atoms with Crippen LogP contribution in [-0.4, -0.2) is 42.4 Å². The molecule has 1 atom stereocenters. The van der Waals surface area contributed by atoms with Crippen molar-refractivity contribution in [3.63, 3.8) is 0 Å². The van der Waals surface area contributed by atoms with Gasteiger partial charge in [0.05, 0.1) is 10.8 Å². The summed E-state index contributed by atoms with van der Waals surface area (Å²) in [6.07, 6.45) is 0.849. The SMILES string of the molecule is NS(=O)(=O)c1cc(C2(O)CSC3=NCCCN32)ccc1Cl. The summed E-state index contributed by atoms with van der Waals surface area (Å²) < 4.78 is 23.2. The van der Waals surface area contributed by atoms with Crippen LogP contribution in [0, 0.1) is 0 Å². The van der Waals surface area contributed by atoms with Crippen molar-refractivity contribution in [2.45, 2.75) is 17.0 Å². The van der Waals surface area contributed by atoms with Crippen LogP contribution < -0.4 is 5.14 Å². The predicted octanol–water partition coefficient (Wildman–Crippen LogP) is 0.941. The van der Waals surface area contributed by atoms with E-state index in [4.69, 9.17) is 16.7 Å². The van der Waals surface area contributed by atoms with E-state index in [1.54, 1.807) is 11.0 Å². The second kappa shape index (κ2) is 5.13. The van der Waals surface area contributed by atoms with Crippen LogP contribution in [0.25, 0.3) is 0 Å². The minimum Gasteiger partial charge on any atom is -0.366 e. The maximum atomic E-state index is 11.6. The van der Waals surface area contributed by atoms with Crippen molar-refractivity contribution >= 4 is 38.6 Å². The average molecular weight is 348 g/mol. The number of nitrogens with zero attached hydrogens (tertiary/aromatic N) is 2. The van der Waals surface area contributed by atoms with Gasteiger partial charge in [0, 0.05) is 18.7 Å². The Balaban J connectivity index is 2.09. The van der Waals surface area contributed by atoms with Crippen LogP contribution >= 0.6 is 23.4 Å². The van der Waals surface area contributed by atoms with Gasteiger partial charge in [-0.2, -0.15) is 0 Å². The van der Waals surface area contributed by atoms with Crippen molar-refractivity contribution in [3.8, 4) is 0 Å². The number of fused-ring (bicyclic) bond motifs is 1. The van der Waals surface area contributed by atoms with Gasteiger partial charge in [0.2, 0.25) is 10.0 Å². The third-order valence-corrected chi connectivity index (χ3v) is 6.11. The predicted molar refractivity (Wildman–Crippen MR) is 82.8 cm³/mol. The number of hydrogen-bond acceptors (Lipinski definition) is 6. The number of amidine groups is 1. The molecule has 114 valence electrons. The van der Waals surface area contributed by atoms with E-state index < -0.39 is 15.7 Å². The number of aliphatic imine (C=N–C) groups is 1. The van der Waals surface area contributed by atoms with Crippen LogP contribution in [0.1, 0.15) is 12.0 Å². The lowest BCUT2D eigenvalue weighted by molar-refractivity contribution is -0.0498. The molecule has 3 rings (SSSR count). The van der Waals surface area contributed by atoms with E-state index in [0.29, 0.717) is 17.9 Å². The first kappa shape index (κ1) is 15.1. The third-order valence-electron chi connectivity index (χ3n) is 3.57. The number of thioether (sulfide) groups is 1. The Kier molecular flexibility index (Phi) is 3.69. The van der Waals surface area contributed by atoms with E-state index >= 15 is 0 Å². The molecule has 3 N–H and O–H groups in total. The highest BCUT2D eigenvalue weighted by atomic mass is 35.5. The summed E-state index contributed by atoms with van der Waals surface area (Å²) in [5, 5.41) is 17.0. The number of rotatable bonds is 2. The number of halogens is 1. The molecule has 6 nitrogen and oxygen atoms in total. The molecular weight excluding hydrogens is 334 g/mol. The molecule has 2 heterocycles. The molecule has 0 amide bonds. The molecule has 1 aromatic rings. The molecule has 9 heteroatoms. The molecule has 0 radical (unpaired) electrons. The molecule has 1 saturated heterocycles. The minimum absolute atomic E-state index is 0.0445. The van der Waals surface area contributed by atoms with Gasteiger partial charge in [0.25, 0.3) is 0 Å². The lowest BCUT2D eigenvalue weighted by atomic mass is 10.0. The van der Waals surface area contributed by atoms with Crippen molar-refractivity contribution in [2.24, 2.45) is 10.1 Å². The summed E-state index contributed by atoms with van der Waals surface area (Å²) in [6.45, 7) is 1.42. The summed E-state index contributed by atoms with van der Waals surface area (Å²) in [7, 11) is -3.94. The van der Waals surface area contributed by atoms with Crippen LogP contribution in [0.4, 0.5) is 0 Å². The Morgan fingerprint density at radius 2 is 2.24 bits per heavy atom. The van der Waals surface area contributed by atoms with E-state index in [1.165, 1.54) is 23.9 Å². The molecule has 0 bridgehead atoms. The van der Waals surface area contributed by atoms with Gasteiger partial charge in [-0.25, -0.2) is 13.6 Å². The smallest absolute Gasteiger partial charge is 0.239 e. The Bertz CT molecular complexity index is 722. The van der Waals surface area contributed by atoms with E-state index in [9.17, 15) is 13.5 Å². The summed E-state index contributed by atoms with van der Waals surface area (Å²) in [6, 6.07) is 4.41. The van der Waals surface area contributed by atoms with Crippen molar-refractivity contribution in [1.82, 2.24) is 4.90 Å². The fraction of sp³-hybridized carbons (Fsp3) is 0.417. The highest BCUT2D eigenvalue weighted by molar-refractivity contribution is 8.14. The molecule has 2 aliphatic rings. The molecule has 0 saturated carbocycles. The molecule has 21 heavy (non-hydrogen) atoms. The number of primary sulfonamides is 1. The topological polar surface area (TPSA) is 96.0 Å². The molecular formula is C12H14ClN3O3S2. The Morgan fingerprint density at radius 3 is 2.95 bits per heavy atom. The Morgan fingerprint density at radius 1 is 1.48 bits per heavy atom. The summed E-state index contributed by atoms with van der Waals surface area (Å²) in [5.74, 6) is 0.386. The highest BCUT2D eigenvalue weighted by Gasteiger charge is 2.45. The zero-order chi connectivity index (χ0) is 15.3. The fourth-order valence-corrected chi connectivity index (χ4v) is 4.81. The van der Waals surface area contributed by atoms with Crippen molar-refractivity contribution in [3.05, 3.63) is 28.8 Å². The first-order valence-electron chi connectivity index (χ1n) is 6.32. The van der Waals surface area contributed by atoms with Gasteiger partial charge in [-0.15, -0.1) is 0 Å². The standard InChI is InChI=1S/C12H14ClN3O3S2/c13-9-3-2-8(6-10(9)21(14,18)19)12(17)7-20-11-15-4-1-5-16(11)12/h2-3,6,17H,1,4-5,7H2,(H2,14,18,19). The molecule has 0 aromatic heterocycles. The Hall–Kier alpha value is -0.800. The normalized spacial score (nSPS) is 25.7. The van der Waals surface area contributed by atoms with Crippen molar-refractivity contribution in [1.29, 1.82) is 0 Å². The minimum atomic E-state index is -3.94. The van der Waals surface area contributed by atoms with Crippen LogP contribution in [0.15, 0.2) is 28.1 Å². The van der Waals surface area contributed by atoms with Gasteiger partial charge in [0.15, 0.2) is 10.9 Å². The number of nitrogens with two attached hydrogens (primary N) is 1. The maximum Gasteiger partial charge on any atom is 0.239 e. The fourth-order valence-electron chi connectivity index (χ4n) is 2.50. The summed E-state index contributed by atoms with van der Waals surface area (Å²) >= 11 is 7.34. The zero-order valence-electron chi connectivity index (χ0n) is 11.0. The maximum absolute atomic E-state index is 11.6. The first-order chi connectivity index (χ1) is 9.82. The van der Waals surface area contributed by atoms with Crippen molar-refractivity contribution in [2.75, 3.05) is 18.8 Å². The molecule has 0 spiro atoms. The largest absolute Gasteiger partial charge is 0.366 e. The quantitative estimate of drug-likeness (QED) is 0.830. The van der Waals surface area contributed by atoms with Crippen LogP contribution in [0.5, 0.6) is 0 Å².